The summed E-state index contributed by atoms with van der Waals surface area (Å²) in [7, 11) is 0. The van der Waals surface area contributed by atoms with Crippen LogP contribution >= 0.6 is 11.3 Å². The van der Waals surface area contributed by atoms with Crippen molar-refractivity contribution in [2.75, 3.05) is 0 Å². The van der Waals surface area contributed by atoms with E-state index in [2.05, 4.69) is 16.9 Å². The maximum absolute atomic E-state index is 12.8. The molecule has 0 aliphatic carbocycles. The molecule has 0 aliphatic rings. The second-order valence-electron chi connectivity index (χ2n) is 5.24. The highest BCUT2D eigenvalue weighted by atomic mass is 32.1. The van der Waals surface area contributed by atoms with Crippen LogP contribution < -0.4 is 5.56 Å². The number of hydrogen-bond acceptors (Lipinski definition) is 4. The van der Waals surface area contributed by atoms with Crippen LogP contribution in [0.1, 0.15) is 29.8 Å². The molecular formula is C15H18N4OS. The van der Waals surface area contributed by atoms with Gasteiger partial charge in [0.15, 0.2) is 0 Å². The van der Waals surface area contributed by atoms with Crippen molar-refractivity contribution in [2.45, 2.75) is 39.8 Å². The normalized spacial score (nSPS) is 12.9. The third-order valence-corrected chi connectivity index (χ3v) is 5.08. The summed E-state index contributed by atoms with van der Waals surface area (Å²) >= 11 is 1.59. The van der Waals surface area contributed by atoms with Gasteiger partial charge in [-0.2, -0.15) is 0 Å². The molecular weight excluding hydrogens is 284 g/mol. The molecule has 1 unspecified atom stereocenters. The molecule has 0 aliphatic heterocycles. The summed E-state index contributed by atoms with van der Waals surface area (Å²) in [4.78, 5) is 23.3. The number of hydrogen-bond donors (Lipinski definition) is 0. The first-order valence-corrected chi connectivity index (χ1v) is 7.86. The molecule has 0 fully saturated rings. The van der Waals surface area contributed by atoms with E-state index < -0.39 is 0 Å². The lowest BCUT2D eigenvalue weighted by Gasteiger charge is -2.18. The van der Waals surface area contributed by atoms with Crippen LogP contribution in [-0.2, 0) is 6.54 Å². The minimum Gasteiger partial charge on any atom is -0.335 e. The Morgan fingerprint density at radius 1 is 1.33 bits per heavy atom. The van der Waals surface area contributed by atoms with E-state index in [9.17, 15) is 4.79 Å². The zero-order chi connectivity index (χ0) is 15.0. The van der Waals surface area contributed by atoms with Crippen molar-refractivity contribution < 1.29 is 0 Å². The predicted octanol–water partition coefficient (Wildman–Crippen LogP) is 2.92. The Morgan fingerprint density at radius 2 is 2.14 bits per heavy atom. The summed E-state index contributed by atoms with van der Waals surface area (Å²) in [6.07, 6.45) is 8.00. The van der Waals surface area contributed by atoms with Gasteiger partial charge in [0.25, 0.3) is 5.56 Å². The first kappa shape index (κ1) is 14.0. The standard InChI is InChI=1S/C15H18N4OS/c1-4-12(7-18-6-5-16-8-18)19-9-17-14-13(15(19)20)10(2)11(3)21-14/h5-6,8-9,12H,4,7H2,1-3H3. The molecule has 110 valence electrons. The van der Waals surface area contributed by atoms with E-state index in [-0.39, 0.29) is 11.6 Å². The fourth-order valence-electron chi connectivity index (χ4n) is 2.56. The number of nitrogens with zero attached hydrogens (tertiary/aromatic N) is 4. The Hall–Kier alpha value is -1.95. The monoisotopic (exact) mass is 302 g/mol. The molecule has 5 nitrogen and oxygen atoms in total. The van der Waals surface area contributed by atoms with Crippen molar-refractivity contribution in [2.24, 2.45) is 0 Å². The first-order valence-electron chi connectivity index (χ1n) is 7.04. The molecule has 3 aromatic rings. The topological polar surface area (TPSA) is 52.7 Å². The Bertz CT molecular complexity index is 816. The summed E-state index contributed by atoms with van der Waals surface area (Å²) < 4.78 is 3.76. The van der Waals surface area contributed by atoms with Gasteiger partial charge in [0, 0.05) is 23.8 Å². The Labute approximate surface area is 126 Å². The number of thiophene rings is 1. The number of aromatic nitrogens is 4. The zero-order valence-corrected chi connectivity index (χ0v) is 13.2. The first-order chi connectivity index (χ1) is 10.1. The van der Waals surface area contributed by atoms with Crippen molar-refractivity contribution >= 4 is 21.6 Å². The molecule has 0 saturated heterocycles. The van der Waals surface area contributed by atoms with Crippen molar-refractivity contribution in [3.63, 3.8) is 0 Å². The summed E-state index contributed by atoms with van der Waals surface area (Å²) in [5.41, 5.74) is 1.12. The SMILES string of the molecule is CCC(Cn1ccnc1)n1cnc2sc(C)c(C)c2c1=O. The van der Waals surface area contributed by atoms with Crippen LogP contribution in [0, 0.1) is 13.8 Å². The van der Waals surface area contributed by atoms with Gasteiger partial charge in [-0.1, -0.05) is 6.92 Å². The van der Waals surface area contributed by atoms with E-state index >= 15 is 0 Å². The van der Waals surface area contributed by atoms with E-state index in [0.717, 1.165) is 33.6 Å². The molecule has 21 heavy (non-hydrogen) atoms. The number of fused-ring (bicyclic) bond motifs is 1. The number of aryl methyl sites for hydroxylation is 2. The molecule has 0 N–H and O–H groups in total. The number of imidazole rings is 1. The quantitative estimate of drug-likeness (QED) is 0.744. The average molecular weight is 302 g/mol. The van der Waals surface area contributed by atoms with Gasteiger partial charge >= 0.3 is 0 Å². The smallest absolute Gasteiger partial charge is 0.262 e. The Morgan fingerprint density at radius 3 is 2.81 bits per heavy atom. The van der Waals surface area contributed by atoms with E-state index in [0.29, 0.717) is 0 Å². The fraction of sp³-hybridized carbons (Fsp3) is 0.400. The largest absolute Gasteiger partial charge is 0.335 e. The van der Waals surface area contributed by atoms with Gasteiger partial charge in [-0.3, -0.25) is 9.36 Å². The van der Waals surface area contributed by atoms with Crippen LogP contribution in [0.15, 0.2) is 29.8 Å². The van der Waals surface area contributed by atoms with Crippen molar-refractivity contribution in [1.29, 1.82) is 0 Å². The summed E-state index contributed by atoms with van der Waals surface area (Å²) in [6.45, 7) is 6.85. The molecule has 3 aromatic heterocycles. The Kier molecular flexibility index (Phi) is 3.63. The predicted molar refractivity (Wildman–Crippen MR) is 84.9 cm³/mol. The van der Waals surface area contributed by atoms with E-state index in [1.165, 1.54) is 0 Å². The lowest BCUT2D eigenvalue weighted by Crippen LogP contribution is -2.27. The summed E-state index contributed by atoms with van der Waals surface area (Å²) in [5.74, 6) is 0. The third-order valence-electron chi connectivity index (χ3n) is 3.96. The van der Waals surface area contributed by atoms with Gasteiger partial charge < -0.3 is 4.57 Å². The van der Waals surface area contributed by atoms with E-state index in [1.807, 2.05) is 24.6 Å². The second kappa shape index (κ2) is 5.44. The van der Waals surface area contributed by atoms with Crippen molar-refractivity contribution in [1.82, 2.24) is 19.1 Å². The minimum atomic E-state index is 0.0637. The lowest BCUT2D eigenvalue weighted by atomic mass is 10.2. The molecule has 0 radical (unpaired) electrons. The summed E-state index contributed by atoms with van der Waals surface area (Å²) in [5, 5.41) is 0.768. The molecule has 3 heterocycles. The van der Waals surface area contributed by atoms with Crippen LogP contribution in [0.5, 0.6) is 0 Å². The third kappa shape index (κ3) is 2.40. The lowest BCUT2D eigenvalue weighted by molar-refractivity contribution is 0.406. The van der Waals surface area contributed by atoms with Gasteiger partial charge in [0.2, 0.25) is 0 Å². The molecule has 0 bridgehead atoms. The summed E-state index contributed by atoms with van der Waals surface area (Å²) in [6, 6.07) is 0.0863. The van der Waals surface area contributed by atoms with Gasteiger partial charge in [0.1, 0.15) is 4.83 Å². The van der Waals surface area contributed by atoms with Crippen LogP contribution in [0.25, 0.3) is 10.2 Å². The highest BCUT2D eigenvalue weighted by Crippen LogP contribution is 2.26. The fourth-order valence-corrected chi connectivity index (χ4v) is 3.55. The second-order valence-corrected chi connectivity index (χ2v) is 6.45. The Balaban J connectivity index is 2.08. The van der Waals surface area contributed by atoms with Crippen LogP contribution in [0.4, 0.5) is 0 Å². The average Bonchev–Trinajstić information content (AvgIpc) is 3.07. The van der Waals surface area contributed by atoms with E-state index in [1.54, 1.807) is 34.8 Å². The molecule has 0 amide bonds. The van der Waals surface area contributed by atoms with Crippen LogP contribution in [0.3, 0.4) is 0 Å². The number of rotatable bonds is 4. The minimum absolute atomic E-state index is 0.0637. The van der Waals surface area contributed by atoms with Gasteiger partial charge in [-0.25, -0.2) is 9.97 Å². The van der Waals surface area contributed by atoms with Crippen molar-refractivity contribution in [3.05, 3.63) is 45.8 Å². The zero-order valence-electron chi connectivity index (χ0n) is 12.4. The maximum atomic E-state index is 12.8. The molecule has 3 rings (SSSR count). The molecule has 1 atom stereocenters. The van der Waals surface area contributed by atoms with Gasteiger partial charge in [-0.05, 0) is 25.8 Å². The van der Waals surface area contributed by atoms with Crippen molar-refractivity contribution in [3.8, 4) is 0 Å². The van der Waals surface area contributed by atoms with Gasteiger partial charge in [-0.15, -0.1) is 11.3 Å². The molecule has 0 aromatic carbocycles. The maximum Gasteiger partial charge on any atom is 0.262 e. The highest BCUT2D eigenvalue weighted by molar-refractivity contribution is 7.18. The van der Waals surface area contributed by atoms with Gasteiger partial charge in [0.05, 0.1) is 24.1 Å². The highest BCUT2D eigenvalue weighted by Gasteiger charge is 2.16. The van der Waals surface area contributed by atoms with Crippen LogP contribution in [-0.4, -0.2) is 19.1 Å². The molecule has 0 spiro atoms. The van der Waals surface area contributed by atoms with Crippen LogP contribution in [0.2, 0.25) is 0 Å². The molecule has 0 saturated carbocycles. The van der Waals surface area contributed by atoms with E-state index in [4.69, 9.17) is 0 Å². The molecule has 6 heteroatoms.